The molecule has 0 radical (unpaired) electrons. The van der Waals surface area contributed by atoms with E-state index in [1.807, 2.05) is 0 Å². The highest BCUT2D eigenvalue weighted by Crippen LogP contribution is 2.33. The minimum Gasteiger partial charge on any atom is -0.330 e. The number of hydrogen-bond acceptors (Lipinski definition) is 3. The summed E-state index contributed by atoms with van der Waals surface area (Å²) in [5.41, 5.74) is 3.36. The minimum atomic E-state index is -4.97. The molecule has 23 heavy (non-hydrogen) atoms. The van der Waals surface area contributed by atoms with Gasteiger partial charge in [0.15, 0.2) is 0 Å². The van der Waals surface area contributed by atoms with Crippen LogP contribution in [0.5, 0.6) is 0 Å². The van der Waals surface area contributed by atoms with Crippen LogP contribution < -0.4 is 5.73 Å². The van der Waals surface area contributed by atoms with Crippen LogP contribution in [0.1, 0.15) is 19.4 Å². The average molecular weight is 379 g/mol. The van der Waals surface area contributed by atoms with E-state index in [0.29, 0.717) is 12.1 Å². The minimum absolute atomic E-state index is 0. The van der Waals surface area contributed by atoms with E-state index >= 15 is 0 Å². The third-order valence-electron chi connectivity index (χ3n) is 3.15. The molecule has 0 aromatic heterocycles. The number of halogens is 5. The zero-order valence-electron chi connectivity index (χ0n) is 12.8. The lowest BCUT2D eigenvalue weighted by Gasteiger charge is -2.28. The van der Waals surface area contributed by atoms with Crippen LogP contribution in [0.2, 0.25) is 0 Å². The van der Waals surface area contributed by atoms with Gasteiger partial charge in [-0.05, 0) is 30.2 Å². The Morgan fingerprint density at radius 2 is 1.74 bits per heavy atom. The highest BCUT2D eigenvalue weighted by molar-refractivity contribution is 7.89. The van der Waals surface area contributed by atoms with Gasteiger partial charge in [-0.25, -0.2) is 17.1 Å². The molecule has 0 saturated heterocycles. The van der Waals surface area contributed by atoms with Gasteiger partial charge in [-0.2, -0.15) is 13.2 Å². The lowest BCUT2D eigenvalue weighted by Crippen LogP contribution is -2.39. The highest BCUT2D eigenvalue weighted by atomic mass is 35.5. The molecular formula is C13H19ClF4N2O2S. The van der Waals surface area contributed by atoms with Gasteiger partial charge in [0, 0.05) is 13.6 Å². The highest BCUT2D eigenvalue weighted by Gasteiger charge is 2.36. The van der Waals surface area contributed by atoms with Crippen molar-refractivity contribution in [2.24, 2.45) is 11.1 Å². The molecule has 10 heteroatoms. The molecule has 2 N–H and O–H groups in total. The van der Waals surface area contributed by atoms with Crippen LogP contribution in [0.3, 0.4) is 0 Å². The summed E-state index contributed by atoms with van der Waals surface area (Å²) in [6.07, 6.45) is -4.97. The van der Waals surface area contributed by atoms with E-state index in [4.69, 9.17) is 5.73 Å². The Morgan fingerprint density at radius 1 is 1.22 bits per heavy atom. The SMILES string of the molecule is CN(CC(C)(C)CN)S(=O)(=O)c1ccc(F)c(C(F)(F)F)c1.Cl. The molecule has 0 aliphatic carbocycles. The Morgan fingerprint density at radius 3 is 2.17 bits per heavy atom. The Kier molecular flexibility index (Phi) is 7.04. The first-order valence-electron chi connectivity index (χ1n) is 6.34. The lowest BCUT2D eigenvalue weighted by molar-refractivity contribution is -0.140. The fourth-order valence-electron chi connectivity index (χ4n) is 1.81. The van der Waals surface area contributed by atoms with Crippen LogP contribution in [-0.4, -0.2) is 32.9 Å². The normalized spacial score (nSPS) is 13.1. The van der Waals surface area contributed by atoms with Gasteiger partial charge in [-0.3, -0.25) is 0 Å². The van der Waals surface area contributed by atoms with Gasteiger partial charge in [-0.1, -0.05) is 13.8 Å². The lowest BCUT2D eigenvalue weighted by atomic mass is 9.94. The van der Waals surface area contributed by atoms with E-state index < -0.39 is 37.9 Å². The molecule has 0 aliphatic heterocycles. The summed E-state index contributed by atoms with van der Waals surface area (Å²) in [6, 6.07) is 1.61. The van der Waals surface area contributed by atoms with E-state index in [9.17, 15) is 26.0 Å². The van der Waals surface area contributed by atoms with Gasteiger partial charge in [0.1, 0.15) is 5.82 Å². The van der Waals surface area contributed by atoms with Crippen LogP contribution >= 0.6 is 12.4 Å². The maximum absolute atomic E-state index is 13.2. The van der Waals surface area contributed by atoms with E-state index in [2.05, 4.69) is 0 Å². The zero-order valence-corrected chi connectivity index (χ0v) is 14.4. The van der Waals surface area contributed by atoms with E-state index in [1.54, 1.807) is 13.8 Å². The fraction of sp³-hybridized carbons (Fsp3) is 0.538. The Balaban J connectivity index is 0.00000484. The molecule has 0 spiro atoms. The zero-order chi connectivity index (χ0) is 17.3. The van der Waals surface area contributed by atoms with Gasteiger partial charge in [0.25, 0.3) is 0 Å². The van der Waals surface area contributed by atoms with Crippen LogP contribution in [0.25, 0.3) is 0 Å². The molecule has 0 saturated carbocycles. The van der Waals surface area contributed by atoms with Gasteiger partial charge < -0.3 is 5.73 Å². The third-order valence-corrected chi connectivity index (χ3v) is 4.95. The number of rotatable bonds is 5. The van der Waals surface area contributed by atoms with Gasteiger partial charge >= 0.3 is 6.18 Å². The molecule has 134 valence electrons. The van der Waals surface area contributed by atoms with E-state index in [1.165, 1.54) is 7.05 Å². The van der Waals surface area contributed by atoms with Crippen molar-refractivity contribution >= 4 is 22.4 Å². The number of nitrogens with zero attached hydrogens (tertiary/aromatic N) is 1. The summed E-state index contributed by atoms with van der Waals surface area (Å²) >= 11 is 0. The van der Waals surface area contributed by atoms with Gasteiger partial charge in [0.05, 0.1) is 10.5 Å². The molecule has 0 aliphatic rings. The number of benzene rings is 1. The Labute approximate surface area is 139 Å². The van der Waals surface area contributed by atoms with Crippen LogP contribution in [0.15, 0.2) is 23.1 Å². The molecule has 1 rings (SSSR count). The van der Waals surface area contributed by atoms with E-state index in [-0.39, 0.29) is 25.5 Å². The first-order chi connectivity index (χ1) is 9.81. The molecule has 4 nitrogen and oxygen atoms in total. The number of nitrogens with two attached hydrogens (primary N) is 1. The number of alkyl halides is 3. The fourth-order valence-corrected chi connectivity index (χ4v) is 3.20. The summed E-state index contributed by atoms with van der Waals surface area (Å²) in [6.45, 7) is 3.67. The van der Waals surface area contributed by atoms with E-state index in [0.717, 1.165) is 10.4 Å². The number of hydrogen-bond donors (Lipinski definition) is 1. The molecular weight excluding hydrogens is 360 g/mol. The standard InChI is InChI=1S/C13H18F4N2O2S.ClH/c1-12(2,7-18)8-19(3)22(20,21)9-4-5-11(14)10(6-9)13(15,16)17;/h4-6H,7-8,18H2,1-3H3;1H. The third kappa shape index (κ3) is 5.30. The summed E-state index contributed by atoms with van der Waals surface area (Å²) in [4.78, 5) is -0.614. The van der Waals surface area contributed by atoms with Gasteiger partial charge in [0.2, 0.25) is 10.0 Å². The van der Waals surface area contributed by atoms with Crippen LogP contribution in [-0.2, 0) is 16.2 Å². The summed E-state index contributed by atoms with van der Waals surface area (Å²) in [5, 5.41) is 0. The largest absolute Gasteiger partial charge is 0.419 e. The molecule has 0 bridgehead atoms. The van der Waals surface area contributed by atoms with Crippen LogP contribution in [0, 0.1) is 11.2 Å². The van der Waals surface area contributed by atoms with Crippen molar-refractivity contribution in [1.82, 2.24) is 4.31 Å². The average Bonchev–Trinajstić information content (AvgIpc) is 2.37. The molecule has 0 heterocycles. The second-order valence-corrected chi connectivity index (χ2v) is 7.81. The van der Waals surface area contributed by atoms with Crippen molar-refractivity contribution in [3.8, 4) is 0 Å². The number of sulfonamides is 1. The topological polar surface area (TPSA) is 63.4 Å². The van der Waals surface area contributed by atoms with Crippen molar-refractivity contribution in [1.29, 1.82) is 0 Å². The maximum atomic E-state index is 13.2. The second-order valence-electron chi connectivity index (χ2n) is 5.77. The quantitative estimate of drug-likeness (QED) is 0.801. The predicted octanol–water partition coefficient (Wildman–Crippen LogP) is 2.87. The molecule has 0 unspecified atom stereocenters. The van der Waals surface area contributed by atoms with Crippen molar-refractivity contribution in [3.63, 3.8) is 0 Å². The Hall–Kier alpha value is -0.900. The first-order valence-corrected chi connectivity index (χ1v) is 7.78. The summed E-state index contributed by atoms with van der Waals surface area (Å²) in [5.74, 6) is -1.52. The van der Waals surface area contributed by atoms with Crippen molar-refractivity contribution < 1.29 is 26.0 Å². The first kappa shape index (κ1) is 22.1. The van der Waals surface area contributed by atoms with Gasteiger partial charge in [-0.15, -0.1) is 12.4 Å². The maximum Gasteiger partial charge on any atom is 0.419 e. The molecule has 1 aromatic rings. The summed E-state index contributed by atoms with van der Waals surface area (Å²) in [7, 11) is -2.93. The molecule has 0 atom stereocenters. The summed E-state index contributed by atoms with van der Waals surface area (Å²) < 4.78 is 76.8. The molecule has 0 amide bonds. The van der Waals surface area contributed by atoms with Crippen molar-refractivity contribution in [2.45, 2.75) is 24.9 Å². The molecule has 1 aromatic carbocycles. The van der Waals surface area contributed by atoms with Crippen LogP contribution in [0.4, 0.5) is 17.6 Å². The monoisotopic (exact) mass is 378 g/mol. The smallest absolute Gasteiger partial charge is 0.330 e. The second kappa shape index (κ2) is 7.33. The van der Waals surface area contributed by atoms with Crippen molar-refractivity contribution in [3.05, 3.63) is 29.6 Å². The molecule has 0 fully saturated rings. The van der Waals surface area contributed by atoms with Crippen molar-refractivity contribution in [2.75, 3.05) is 20.1 Å². The predicted molar refractivity (Wildman–Crippen MR) is 81.3 cm³/mol. The Bertz CT molecular complexity index is 648.